The summed E-state index contributed by atoms with van der Waals surface area (Å²) in [6.07, 6.45) is 1.91. The monoisotopic (exact) mass is 577 g/mol. The molecule has 3 heterocycles. The van der Waals surface area contributed by atoms with Gasteiger partial charge in [0.2, 0.25) is 0 Å². The van der Waals surface area contributed by atoms with Crippen LogP contribution in [0.2, 0.25) is 0 Å². The summed E-state index contributed by atoms with van der Waals surface area (Å²) in [4.78, 5) is 12.1. The van der Waals surface area contributed by atoms with Crippen molar-refractivity contribution in [2.75, 3.05) is 12.0 Å². The van der Waals surface area contributed by atoms with Crippen molar-refractivity contribution in [2.45, 2.75) is 40.0 Å². The van der Waals surface area contributed by atoms with Crippen molar-refractivity contribution < 1.29 is 9.84 Å². The van der Waals surface area contributed by atoms with E-state index in [4.69, 9.17) is 14.7 Å². The van der Waals surface area contributed by atoms with E-state index in [0.717, 1.165) is 39.4 Å². The summed E-state index contributed by atoms with van der Waals surface area (Å²) in [6.45, 7) is 11.1. The molecule has 4 aromatic carbocycles. The van der Waals surface area contributed by atoms with Crippen molar-refractivity contribution in [3.63, 3.8) is 0 Å². The number of phenols is 1. The standard InChI is InChI=1S/C39H35N3O2/c1-23-18-24(2)37(25(3)19-23)27-16-17-40-36(21-27)42-32-12-8-7-11-29(32)39(4,5)30-15-14-26(20-33(30)42)31-22-35(44-6)28-10-9-13-34(43)38(28)41-31/h7-22,43H,1-6H3. The topological polar surface area (TPSA) is 58.5 Å². The van der Waals surface area contributed by atoms with Crippen molar-refractivity contribution in [3.05, 3.63) is 125 Å². The first kappa shape index (κ1) is 27.7. The third kappa shape index (κ3) is 4.31. The number of anilines is 3. The maximum absolute atomic E-state index is 10.7. The molecule has 0 fully saturated rings. The van der Waals surface area contributed by atoms with Crippen LogP contribution in [0.4, 0.5) is 17.2 Å². The van der Waals surface area contributed by atoms with Crippen LogP contribution in [0.5, 0.6) is 11.5 Å². The summed E-state index contributed by atoms with van der Waals surface area (Å²) in [5.74, 6) is 1.64. The Hall–Kier alpha value is -5.16. The number of hydrogen-bond donors (Lipinski definition) is 1. The molecule has 0 spiro atoms. The van der Waals surface area contributed by atoms with Crippen LogP contribution in [0.15, 0.2) is 97.2 Å². The van der Waals surface area contributed by atoms with E-state index in [-0.39, 0.29) is 11.2 Å². The van der Waals surface area contributed by atoms with Gasteiger partial charge < -0.3 is 9.84 Å². The number of nitrogens with zero attached hydrogens (tertiary/aromatic N) is 3. The first-order valence-electron chi connectivity index (χ1n) is 14.9. The zero-order valence-corrected chi connectivity index (χ0v) is 25.9. The van der Waals surface area contributed by atoms with Gasteiger partial charge in [0.25, 0.3) is 0 Å². The van der Waals surface area contributed by atoms with Gasteiger partial charge in [0, 0.05) is 28.6 Å². The number of fused-ring (bicyclic) bond motifs is 3. The summed E-state index contributed by atoms with van der Waals surface area (Å²) < 4.78 is 5.74. The molecule has 0 saturated heterocycles. The Bertz CT molecular complexity index is 2070. The first-order valence-corrected chi connectivity index (χ1v) is 14.9. The lowest BCUT2D eigenvalue weighted by Crippen LogP contribution is -2.31. The highest BCUT2D eigenvalue weighted by Gasteiger charge is 2.37. The molecule has 1 aliphatic rings. The molecule has 1 aliphatic heterocycles. The zero-order chi connectivity index (χ0) is 30.7. The van der Waals surface area contributed by atoms with Crippen LogP contribution in [0.25, 0.3) is 33.3 Å². The van der Waals surface area contributed by atoms with Crippen LogP contribution < -0.4 is 9.64 Å². The molecule has 0 bridgehead atoms. The molecule has 44 heavy (non-hydrogen) atoms. The summed E-state index contributed by atoms with van der Waals surface area (Å²) in [5, 5.41) is 11.4. The largest absolute Gasteiger partial charge is 0.506 e. The van der Waals surface area contributed by atoms with E-state index >= 15 is 0 Å². The molecule has 5 nitrogen and oxygen atoms in total. The number of ether oxygens (including phenoxy) is 1. The second-order valence-corrected chi connectivity index (χ2v) is 12.3. The molecule has 7 rings (SSSR count). The lowest BCUT2D eigenvalue weighted by molar-refractivity contribution is 0.419. The van der Waals surface area contributed by atoms with Gasteiger partial charge in [0.15, 0.2) is 0 Å². The van der Waals surface area contributed by atoms with Gasteiger partial charge in [0.05, 0.1) is 24.2 Å². The normalized spacial score (nSPS) is 13.5. The molecule has 6 aromatic rings. The number of rotatable bonds is 4. The lowest BCUT2D eigenvalue weighted by Gasteiger charge is -2.41. The summed E-state index contributed by atoms with van der Waals surface area (Å²) >= 11 is 0. The van der Waals surface area contributed by atoms with Crippen LogP contribution >= 0.6 is 0 Å². The summed E-state index contributed by atoms with van der Waals surface area (Å²) in [7, 11) is 1.65. The molecular weight excluding hydrogens is 542 g/mol. The van der Waals surface area contributed by atoms with E-state index < -0.39 is 0 Å². The number of aromatic hydroxyl groups is 1. The number of aryl methyl sites for hydroxylation is 3. The highest BCUT2D eigenvalue weighted by molar-refractivity contribution is 5.93. The number of para-hydroxylation sites is 2. The maximum Gasteiger partial charge on any atom is 0.141 e. The molecule has 0 amide bonds. The maximum atomic E-state index is 10.7. The average molecular weight is 578 g/mol. The van der Waals surface area contributed by atoms with Crippen molar-refractivity contribution in [1.29, 1.82) is 0 Å². The number of methoxy groups -OCH3 is 1. The van der Waals surface area contributed by atoms with Gasteiger partial charge >= 0.3 is 0 Å². The second kappa shape index (κ2) is 10.2. The van der Waals surface area contributed by atoms with Gasteiger partial charge in [-0.1, -0.05) is 67.9 Å². The minimum absolute atomic E-state index is 0.125. The van der Waals surface area contributed by atoms with Gasteiger partial charge in [-0.05, 0) is 90.6 Å². The molecule has 0 atom stereocenters. The van der Waals surface area contributed by atoms with Crippen LogP contribution in [0, 0.1) is 20.8 Å². The Labute approximate surface area is 258 Å². The molecule has 5 heteroatoms. The minimum Gasteiger partial charge on any atom is -0.506 e. The molecule has 2 aromatic heterocycles. The first-order chi connectivity index (χ1) is 21.2. The predicted octanol–water partition coefficient (Wildman–Crippen LogP) is 9.71. The number of aromatic nitrogens is 2. The second-order valence-electron chi connectivity index (χ2n) is 12.3. The van der Waals surface area contributed by atoms with E-state index in [9.17, 15) is 5.11 Å². The number of benzene rings is 4. The third-order valence-electron chi connectivity index (χ3n) is 8.97. The molecule has 0 radical (unpaired) electrons. The molecule has 1 N–H and O–H groups in total. The summed E-state index contributed by atoms with van der Waals surface area (Å²) in [5.41, 5.74) is 12.7. The molecule has 218 valence electrons. The highest BCUT2D eigenvalue weighted by atomic mass is 16.5. The fraction of sp³-hybridized carbons (Fsp3) is 0.179. The van der Waals surface area contributed by atoms with Gasteiger partial charge in [-0.2, -0.15) is 0 Å². The Morgan fingerprint density at radius 3 is 2.27 bits per heavy atom. The lowest BCUT2D eigenvalue weighted by atomic mass is 9.73. The molecule has 0 aliphatic carbocycles. The summed E-state index contributed by atoms with van der Waals surface area (Å²) in [6, 6.07) is 31.2. The Morgan fingerprint density at radius 2 is 1.50 bits per heavy atom. The van der Waals surface area contributed by atoms with E-state index in [1.165, 1.54) is 33.4 Å². The third-order valence-corrected chi connectivity index (χ3v) is 8.97. The Balaban J connectivity index is 1.46. The van der Waals surface area contributed by atoms with E-state index in [1.807, 2.05) is 18.3 Å². The van der Waals surface area contributed by atoms with E-state index in [1.54, 1.807) is 19.2 Å². The zero-order valence-electron chi connectivity index (χ0n) is 25.9. The van der Waals surface area contributed by atoms with Crippen molar-refractivity contribution in [1.82, 2.24) is 9.97 Å². The average Bonchev–Trinajstić information content (AvgIpc) is 3.00. The minimum atomic E-state index is -0.241. The van der Waals surface area contributed by atoms with E-state index in [0.29, 0.717) is 11.3 Å². The van der Waals surface area contributed by atoms with Gasteiger partial charge in [-0.15, -0.1) is 0 Å². The predicted molar refractivity (Wildman–Crippen MR) is 180 cm³/mol. The number of hydrogen-bond acceptors (Lipinski definition) is 5. The SMILES string of the molecule is COc1cc(-c2ccc3c(c2)N(c2cc(-c4c(C)cc(C)cc4C)ccn2)c2ccccc2C3(C)C)nc2c(O)cccc12. The smallest absolute Gasteiger partial charge is 0.141 e. The van der Waals surface area contributed by atoms with Crippen LogP contribution in [-0.2, 0) is 5.41 Å². The Morgan fingerprint density at radius 1 is 0.750 bits per heavy atom. The fourth-order valence-corrected chi connectivity index (χ4v) is 6.97. The Kier molecular flexibility index (Phi) is 6.43. The van der Waals surface area contributed by atoms with Crippen molar-refractivity contribution >= 4 is 28.1 Å². The van der Waals surface area contributed by atoms with Crippen LogP contribution in [-0.4, -0.2) is 22.2 Å². The van der Waals surface area contributed by atoms with Gasteiger partial charge in [-0.3, -0.25) is 4.90 Å². The van der Waals surface area contributed by atoms with Crippen molar-refractivity contribution in [2.24, 2.45) is 0 Å². The highest BCUT2D eigenvalue weighted by Crippen LogP contribution is 2.52. The van der Waals surface area contributed by atoms with Gasteiger partial charge in [-0.25, -0.2) is 9.97 Å². The number of pyridine rings is 2. The van der Waals surface area contributed by atoms with Gasteiger partial charge in [0.1, 0.15) is 22.8 Å². The number of phenolic OH excluding ortho intramolecular Hbond substituents is 1. The van der Waals surface area contributed by atoms with Crippen molar-refractivity contribution in [3.8, 4) is 33.9 Å². The van der Waals surface area contributed by atoms with Crippen LogP contribution in [0.3, 0.4) is 0 Å². The fourth-order valence-electron chi connectivity index (χ4n) is 6.97. The van der Waals surface area contributed by atoms with Crippen LogP contribution in [0.1, 0.15) is 41.7 Å². The van der Waals surface area contributed by atoms with E-state index in [2.05, 4.69) is 106 Å². The molecular formula is C39H35N3O2. The molecule has 0 saturated carbocycles. The molecule has 0 unspecified atom stereocenters. The quantitative estimate of drug-likeness (QED) is 0.226.